The van der Waals surface area contributed by atoms with Crippen molar-refractivity contribution < 1.29 is 14.7 Å². The van der Waals surface area contributed by atoms with E-state index in [0.29, 0.717) is 21.9 Å². The van der Waals surface area contributed by atoms with E-state index < -0.39 is 12.0 Å². The van der Waals surface area contributed by atoms with Gasteiger partial charge in [-0.3, -0.25) is 9.69 Å². The second-order valence-electron chi connectivity index (χ2n) is 5.07. The molecular formula is C16H16ClNO3S2. The van der Waals surface area contributed by atoms with Gasteiger partial charge in [0.15, 0.2) is 0 Å². The van der Waals surface area contributed by atoms with E-state index in [9.17, 15) is 14.7 Å². The van der Waals surface area contributed by atoms with Crippen LogP contribution in [0, 0.1) is 0 Å². The van der Waals surface area contributed by atoms with Gasteiger partial charge >= 0.3 is 5.97 Å². The summed E-state index contributed by atoms with van der Waals surface area (Å²) in [6.07, 6.45) is 3.61. The van der Waals surface area contributed by atoms with Crippen LogP contribution in [0.4, 0.5) is 0 Å². The molecule has 2 rings (SSSR count). The fourth-order valence-electron chi connectivity index (χ4n) is 2.24. The molecule has 1 aliphatic heterocycles. The number of benzene rings is 1. The molecule has 1 heterocycles. The number of thioether (sulfide) groups is 1. The molecule has 4 nitrogen and oxygen atoms in total. The number of carbonyl (C=O) groups is 2. The highest BCUT2D eigenvalue weighted by atomic mass is 35.5. The Bertz CT molecular complexity index is 675. The highest BCUT2D eigenvalue weighted by molar-refractivity contribution is 8.26. The van der Waals surface area contributed by atoms with E-state index in [0.717, 1.165) is 24.6 Å². The fraction of sp³-hybridized carbons (Fsp3) is 0.312. The molecule has 0 aromatic heterocycles. The van der Waals surface area contributed by atoms with E-state index in [1.165, 1.54) is 4.90 Å². The lowest BCUT2D eigenvalue weighted by Gasteiger charge is -2.22. The molecule has 122 valence electrons. The van der Waals surface area contributed by atoms with Crippen molar-refractivity contribution in [3.63, 3.8) is 0 Å². The highest BCUT2D eigenvalue weighted by Crippen LogP contribution is 2.35. The summed E-state index contributed by atoms with van der Waals surface area (Å²) in [5.41, 5.74) is 0.704. The average molecular weight is 370 g/mol. The Kier molecular flexibility index (Phi) is 6.21. The largest absolute Gasteiger partial charge is 0.480 e. The van der Waals surface area contributed by atoms with E-state index >= 15 is 0 Å². The lowest BCUT2D eigenvalue weighted by molar-refractivity contribution is -0.145. The van der Waals surface area contributed by atoms with Crippen molar-refractivity contribution in [1.82, 2.24) is 4.90 Å². The number of amides is 1. The Hall–Kier alpha value is -1.37. The Morgan fingerprint density at radius 2 is 2.17 bits per heavy atom. The maximum Gasteiger partial charge on any atom is 0.326 e. The van der Waals surface area contributed by atoms with E-state index in [2.05, 4.69) is 0 Å². The van der Waals surface area contributed by atoms with Crippen molar-refractivity contribution in [2.24, 2.45) is 0 Å². The first-order valence-corrected chi connectivity index (χ1v) is 8.80. The number of rotatable bonds is 6. The number of carboxylic acids is 1. The summed E-state index contributed by atoms with van der Waals surface area (Å²) in [7, 11) is 0. The third kappa shape index (κ3) is 4.13. The number of hydrogen-bond donors (Lipinski definition) is 1. The lowest BCUT2D eigenvalue weighted by atomic mass is 10.1. The van der Waals surface area contributed by atoms with Gasteiger partial charge in [-0.05, 0) is 24.1 Å². The molecule has 1 aliphatic rings. The molecule has 7 heteroatoms. The van der Waals surface area contributed by atoms with E-state index in [1.807, 2.05) is 13.0 Å². The SMILES string of the molecule is CCCCC(C(=O)O)N1C(=O)C(=Cc2ccccc2Cl)SC1=S. The molecular weight excluding hydrogens is 354 g/mol. The van der Waals surface area contributed by atoms with Crippen molar-refractivity contribution in [1.29, 1.82) is 0 Å². The number of unbranched alkanes of at least 4 members (excludes halogenated alkanes) is 1. The molecule has 1 N–H and O–H groups in total. The third-order valence-electron chi connectivity index (χ3n) is 3.44. The van der Waals surface area contributed by atoms with Crippen LogP contribution in [0.1, 0.15) is 31.7 Å². The second-order valence-corrected chi connectivity index (χ2v) is 7.15. The standard InChI is InChI=1S/C16H16ClNO3S2/c1-2-3-8-12(15(20)21)18-14(19)13(23-16(18)22)9-10-6-4-5-7-11(10)17/h4-7,9,12H,2-3,8H2,1H3,(H,20,21). The average Bonchev–Trinajstić information content (AvgIpc) is 2.77. The maximum atomic E-state index is 12.6. The summed E-state index contributed by atoms with van der Waals surface area (Å²) < 4.78 is 0.275. The van der Waals surface area contributed by atoms with Crippen LogP contribution in [0.5, 0.6) is 0 Å². The lowest BCUT2D eigenvalue weighted by Crippen LogP contribution is -2.43. The predicted molar refractivity (Wildman–Crippen MR) is 97.4 cm³/mol. The van der Waals surface area contributed by atoms with Crippen LogP contribution in [0.15, 0.2) is 29.2 Å². The Morgan fingerprint density at radius 1 is 1.48 bits per heavy atom. The molecule has 0 bridgehead atoms. The van der Waals surface area contributed by atoms with Gasteiger partial charge in [0.05, 0.1) is 4.91 Å². The molecule has 1 atom stereocenters. The number of thiocarbonyl (C=S) groups is 1. The minimum absolute atomic E-state index is 0.275. The van der Waals surface area contributed by atoms with Crippen molar-refractivity contribution in [2.75, 3.05) is 0 Å². The fourth-order valence-corrected chi connectivity index (χ4v) is 3.78. The molecule has 1 amide bonds. The quantitative estimate of drug-likeness (QED) is 0.602. The number of carboxylic acid groups (broad SMARTS) is 1. The van der Waals surface area contributed by atoms with Crippen LogP contribution in [0.2, 0.25) is 5.02 Å². The van der Waals surface area contributed by atoms with Crippen LogP contribution in [-0.4, -0.2) is 32.2 Å². The summed E-state index contributed by atoms with van der Waals surface area (Å²) in [4.78, 5) is 25.7. The monoisotopic (exact) mass is 369 g/mol. The number of halogens is 1. The normalized spacial score (nSPS) is 17.8. The van der Waals surface area contributed by atoms with Gasteiger partial charge in [-0.2, -0.15) is 0 Å². The molecule has 1 saturated heterocycles. The van der Waals surface area contributed by atoms with E-state index in [4.69, 9.17) is 23.8 Å². The van der Waals surface area contributed by atoms with Gasteiger partial charge in [0.1, 0.15) is 10.4 Å². The van der Waals surface area contributed by atoms with Gasteiger partial charge in [0.25, 0.3) is 5.91 Å². The Morgan fingerprint density at radius 3 is 2.78 bits per heavy atom. The number of nitrogens with zero attached hydrogens (tertiary/aromatic N) is 1. The minimum atomic E-state index is -1.03. The molecule has 1 unspecified atom stereocenters. The van der Waals surface area contributed by atoms with Crippen molar-refractivity contribution in [3.05, 3.63) is 39.8 Å². The topological polar surface area (TPSA) is 57.6 Å². The number of hydrogen-bond acceptors (Lipinski definition) is 4. The van der Waals surface area contributed by atoms with Crippen LogP contribution < -0.4 is 0 Å². The summed E-state index contributed by atoms with van der Waals surface area (Å²) in [6.45, 7) is 1.97. The Labute approximate surface area is 149 Å². The van der Waals surface area contributed by atoms with Gasteiger partial charge < -0.3 is 5.11 Å². The first-order valence-electron chi connectivity index (χ1n) is 7.20. The van der Waals surface area contributed by atoms with Crippen LogP contribution in [0.3, 0.4) is 0 Å². The van der Waals surface area contributed by atoms with Crippen molar-refractivity contribution in [3.8, 4) is 0 Å². The van der Waals surface area contributed by atoms with Gasteiger partial charge in [-0.25, -0.2) is 4.79 Å². The third-order valence-corrected chi connectivity index (χ3v) is 5.12. The van der Waals surface area contributed by atoms with Crippen LogP contribution in [-0.2, 0) is 9.59 Å². The van der Waals surface area contributed by atoms with Crippen molar-refractivity contribution in [2.45, 2.75) is 32.2 Å². The highest BCUT2D eigenvalue weighted by Gasteiger charge is 2.40. The van der Waals surface area contributed by atoms with E-state index in [-0.39, 0.29) is 10.2 Å². The predicted octanol–water partition coefficient (Wildman–Crippen LogP) is 4.18. The van der Waals surface area contributed by atoms with Crippen LogP contribution >= 0.6 is 35.6 Å². The Balaban J connectivity index is 2.29. The molecule has 1 aromatic rings. The molecule has 0 saturated carbocycles. The van der Waals surface area contributed by atoms with E-state index in [1.54, 1.807) is 24.3 Å². The molecule has 23 heavy (non-hydrogen) atoms. The van der Waals surface area contributed by atoms with Gasteiger partial charge in [0, 0.05) is 5.02 Å². The van der Waals surface area contributed by atoms with Crippen molar-refractivity contribution >= 4 is 57.9 Å². The van der Waals surface area contributed by atoms with Gasteiger partial charge in [-0.1, -0.05) is 73.5 Å². The minimum Gasteiger partial charge on any atom is -0.480 e. The maximum absolute atomic E-state index is 12.6. The molecule has 1 aromatic carbocycles. The molecule has 1 fully saturated rings. The summed E-state index contributed by atoms with van der Waals surface area (Å²) in [5.74, 6) is -1.41. The zero-order valence-corrected chi connectivity index (χ0v) is 14.9. The summed E-state index contributed by atoms with van der Waals surface area (Å²) >= 11 is 12.4. The van der Waals surface area contributed by atoms with Gasteiger partial charge in [0.2, 0.25) is 0 Å². The first-order chi connectivity index (χ1) is 11.0. The number of aliphatic carboxylic acids is 1. The molecule has 0 spiro atoms. The second kappa shape index (κ2) is 7.95. The molecule has 0 aliphatic carbocycles. The van der Waals surface area contributed by atoms with Crippen LogP contribution in [0.25, 0.3) is 6.08 Å². The van der Waals surface area contributed by atoms with Gasteiger partial charge in [-0.15, -0.1) is 0 Å². The summed E-state index contributed by atoms with van der Waals surface area (Å²) in [5, 5.41) is 9.94. The summed E-state index contributed by atoms with van der Waals surface area (Å²) in [6, 6.07) is 6.23. The zero-order valence-electron chi connectivity index (χ0n) is 12.5. The zero-order chi connectivity index (χ0) is 17.0. The molecule has 0 radical (unpaired) electrons. The first kappa shape index (κ1) is 18.0. The number of carbonyl (C=O) groups excluding carboxylic acids is 1. The smallest absolute Gasteiger partial charge is 0.326 e.